The molecule has 0 aromatic heterocycles. The van der Waals surface area contributed by atoms with Crippen LogP contribution in [-0.4, -0.2) is 43.5 Å². The maximum absolute atomic E-state index is 2.47. The Bertz CT molecular complexity index is 335. The van der Waals surface area contributed by atoms with Crippen molar-refractivity contribution in [3.63, 3.8) is 0 Å². The fourth-order valence-electron chi connectivity index (χ4n) is 2.16. The second kappa shape index (κ2) is 5.28. The van der Waals surface area contributed by atoms with E-state index in [1.807, 2.05) is 0 Å². The molecule has 86 valence electrons. The van der Waals surface area contributed by atoms with E-state index in [-0.39, 0.29) is 0 Å². The molecule has 1 atom stereocenters. The Labute approximate surface area is 98.2 Å². The highest BCUT2D eigenvalue weighted by atomic mass is 15.2. The van der Waals surface area contributed by atoms with E-state index in [9.17, 15) is 0 Å². The Morgan fingerprint density at radius 1 is 1.12 bits per heavy atom. The molecule has 1 aromatic carbocycles. The molecule has 0 bridgehead atoms. The van der Waals surface area contributed by atoms with Crippen molar-refractivity contribution in [2.45, 2.75) is 6.04 Å². The highest BCUT2D eigenvalue weighted by Gasteiger charge is 2.18. The van der Waals surface area contributed by atoms with Crippen LogP contribution in [0.3, 0.4) is 0 Å². The van der Waals surface area contributed by atoms with Gasteiger partial charge in [0.05, 0.1) is 0 Å². The topological polar surface area (TPSA) is 6.48 Å². The molecule has 2 heteroatoms. The normalized spacial score (nSPS) is 18.2. The first-order valence-electron chi connectivity index (χ1n) is 5.86. The number of rotatable bonds is 4. The Kier molecular flexibility index (Phi) is 3.75. The second-order valence-electron chi connectivity index (χ2n) is 4.58. The fraction of sp³-hybridized carbons (Fsp3) is 0.429. The summed E-state index contributed by atoms with van der Waals surface area (Å²) in [6, 6.07) is 11.2. The van der Waals surface area contributed by atoms with Crippen molar-refractivity contribution in [1.82, 2.24) is 9.80 Å². The highest BCUT2D eigenvalue weighted by molar-refractivity contribution is 5.19. The molecule has 0 saturated carbocycles. The molecule has 2 rings (SSSR count). The van der Waals surface area contributed by atoms with Crippen molar-refractivity contribution in [3.8, 4) is 0 Å². The van der Waals surface area contributed by atoms with Gasteiger partial charge >= 0.3 is 0 Å². The van der Waals surface area contributed by atoms with Crippen LogP contribution in [0, 0.1) is 0 Å². The Hall–Kier alpha value is -1.12. The smallest absolute Gasteiger partial charge is 0.0469 e. The molecule has 0 N–H and O–H groups in total. The van der Waals surface area contributed by atoms with Crippen LogP contribution in [0.25, 0.3) is 0 Å². The van der Waals surface area contributed by atoms with E-state index in [4.69, 9.17) is 0 Å². The van der Waals surface area contributed by atoms with Gasteiger partial charge in [-0.15, -0.1) is 0 Å². The van der Waals surface area contributed by atoms with E-state index in [0.717, 1.165) is 19.6 Å². The highest BCUT2D eigenvalue weighted by Crippen LogP contribution is 2.19. The monoisotopic (exact) mass is 216 g/mol. The largest absolute Gasteiger partial charge is 0.301 e. The third-order valence-electron chi connectivity index (χ3n) is 3.13. The molecule has 0 radical (unpaired) electrons. The lowest BCUT2D eigenvalue weighted by atomic mass is 10.1. The predicted octanol–water partition coefficient (Wildman–Crippen LogP) is 2.16. The lowest BCUT2D eigenvalue weighted by molar-refractivity contribution is 0.214. The van der Waals surface area contributed by atoms with Gasteiger partial charge in [-0.05, 0) is 19.7 Å². The van der Waals surface area contributed by atoms with Gasteiger partial charge < -0.3 is 4.90 Å². The third-order valence-corrected chi connectivity index (χ3v) is 3.13. The van der Waals surface area contributed by atoms with E-state index in [1.54, 1.807) is 0 Å². The summed E-state index contributed by atoms with van der Waals surface area (Å²) in [5.74, 6) is 0. The molecule has 0 fully saturated rings. The summed E-state index contributed by atoms with van der Waals surface area (Å²) in [7, 11) is 4.31. The molecule has 1 aliphatic heterocycles. The van der Waals surface area contributed by atoms with Crippen molar-refractivity contribution in [2.75, 3.05) is 33.7 Å². The van der Waals surface area contributed by atoms with Crippen LogP contribution < -0.4 is 0 Å². The minimum atomic E-state index is 0.487. The zero-order valence-electron chi connectivity index (χ0n) is 10.1. The number of nitrogens with zero attached hydrogens (tertiary/aromatic N) is 2. The number of benzene rings is 1. The van der Waals surface area contributed by atoms with Crippen LogP contribution in [0.5, 0.6) is 0 Å². The summed E-state index contributed by atoms with van der Waals surface area (Å²) in [5.41, 5.74) is 1.40. The van der Waals surface area contributed by atoms with Crippen molar-refractivity contribution < 1.29 is 0 Å². The molecule has 1 heterocycles. The van der Waals surface area contributed by atoms with Gasteiger partial charge in [0, 0.05) is 25.7 Å². The summed E-state index contributed by atoms with van der Waals surface area (Å²) in [4.78, 5) is 4.77. The standard InChI is InChI=1S/C14H20N2/c1-15(2)14(12-16-10-6-7-11-16)13-8-4-3-5-9-13/h3-9,14H,10-12H2,1-2H3. The molecule has 2 nitrogen and oxygen atoms in total. The molecule has 1 unspecified atom stereocenters. The predicted molar refractivity (Wildman–Crippen MR) is 68.5 cm³/mol. The van der Waals surface area contributed by atoms with Crippen molar-refractivity contribution >= 4 is 0 Å². The quantitative estimate of drug-likeness (QED) is 0.712. The van der Waals surface area contributed by atoms with Crippen LogP contribution >= 0.6 is 0 Å². The van der Waals surface area contributed by atoms with Gasteiger partial charge in [0.15, 0.2) is 0 Å². The first kappa shape index (κ1) is 11.4. The number of hydrogen-bond acceptors (Lipinski definition) is 2. The molecular formula is C14H20N2. The summed E-state index contributed by atoms with van der Waals surface area (Å²) in [6.07, 6.45) is 4.50. The van der Waals surface area contributed by atoms with Gasteiger partial charge in [-0.3, -0.25) is 4.90 Å². The maximum Gasteiger partial charge on any atom is 0.0469 e. The number of likely N-dealkylation sites (N-methyl/N-ethyl adjacent to an activating group) is 1. The third kappa shape index (κ3) is 2.71. The van der Waals surface area contributed by atoms with Crippen LogP contribution in [0.4, 0.5) is 0 Å². The first-order chi connectivity index (χ1) is 7.77. The zero-order chi connectivity index (χ0) is 11.4. The molecular weight excluding hydrogens is 196 g/mol. The van der Waals surface area contributed by atoms with Crippen LogP contribution in [0.15, 0.2) is 42.5 Å². The van der Waals surface area contributed by atoms with E-state index in [2.05, 4.69) is 66.4 Å². The molecule has 0 amide bonds. The Balaban J connectivity index is 2.05. The fourth-order valence-corrected chi connectivity index (χ4v) is 2.16. The molecule has 0 spiro atoms. The van der Waals surface area contributed by atoms with Crippen molar-refractivity contribution in [3.05, 3.63) is 48.0 Å². The Morgan fingerprint density at radius 2 is 1.75 bits per heavy atom. The minimum Gasteiger partial charge on any atom is -0.301 e. The maximum atomic E-state index is 2.47. The van der Waals surface area contributed by atoms with Crippen LogP contribution in [0.1, 0.15) is 11.6 Å². The number of hydrogen-bond donors (Lipinski definition) is 0. The van der Waals surface area contributed by atoms with Gasteiger partial charge in [-0.1, -0.05) is 42.5 Å². The summed E-state index contributed by atoms with van der Waals surface area (Å²) >= 11 is 0. The second-order valence-corrected chi connectivity index (χ2v) is 4.58. The zero-order valence-corrected chi connectivity index (χ0v) is 10.1. The van der Waals surface area contributed by atoms with E-state index in [0.29, 0.717) is 6.04 Å². The van der Waals surface area contributed by atoms with E-state index >= 15 is 0 Å². The first-order valence-corrected chi connectivity index (χ1v) is 5.86. The van der Waals surface area contributed by atoms with Crippen LogP contribution in [-0.2, 0) is 0 Å². The minimum absolute atomic E-state index is 0.487. The molecule has 1 aliphatic rings. The van der Waals surface area contributed by atoms with Gasteiger partial charge in [0.2, 0.25) is 0 Å². The Morgan fingerprint density at radius 3 is 2.31 bits per heavy atom. The van der Waals surface area contributed by atoms with E-state index < -0.39 is 0 Å². The van der Waals surface area contributed by atoms with Gasteiger partial charge in [-0.2, -0.15) is 0 Å². The summed E-state index contributed by atoms with van der Waals surface area (Å²) in [6.45, 7) is 3.29. The summed E-state index contributed by atoms with van der Waals surface area (Å²) in [5, 5.41) is 0. The average molecular weight is 216 g/mol. The molecule has 1 aromatic rings. The van der Waals surface area contributed by atoms with Crippen molar-refractivity contribution in [2.24, 2.45) is 0 Å². The van der Waals surface area contributed by atoms with Gasteiger partial charge in [-0.25, -0.2) is 0 Å². The van der Waals surface area contributed by atoms with Gasteiger partial charge in [0.1, 0.15) is 0 Å². The molecule has 16 heavy (non-hydrogen) atoms. The van der Waals surface area contributed by atoms with Crippen LogP contribution in [0.2, 0.25) is 0 Å². The van der Waals surface area contributed by atoms with E-state index in [1.165, 1.54) is 5.56 Å². The SMILES string of the molecule is CN(C)C(CN1CC=CC1)c1ccccc1. The lowest BCUT2D eigenvalue weighted by Gasteiger charge is -2.29. The molecule has 0 aliphatic carbocycles. The summed E-state index contributed by atoms with van der Waals surface area (Å²) < 4.78 is 0. The van der Waals surface area contributed by atoms with Gasteiger partial charge in [0.25, 0.3) is 0 Å². The molecule has 0 saturated heterocycles. The average Bonchev–Trinajstić information content (AvgIpc) is 2.79. The lowest BCUT2D eigenvalue weighted by Crippen LogP contribution is -2.33. The van der Waals surface area contributed by atoms with Crippen molar-refractivity contribution in [1.29, 1.82) is 0 Å².